The summed E-state index contributed by atoms with van der Waals surface area (Å²) >= 11 is 15.7. The van der Waals surface area contributed by atoms with Crippen molar-refractivity contribution in [3.63, 3.8) is 0 Å². The monoisotopic (exact) mass is 591 g/mol. The molecule has 0 aromatic heterocycles. The van der Waals surface area contributed by atoms with E-state index in [4.69, 9.17) is 23.2 Å². The minimum absolute atomic E-state index is 0.0719. The second-order valence-electron chi connectivity index (χ2n) is 8.01. The molecular weight excluding hydrogens is 565 g/mol. The third kappa shape index (κ3) is 7.86. The van der Waals surface area contributed by atoms with Crippen molar-refractivity contribution in [3.05, 3.63) is 62.5 Å². The maximum atomic E-state index is 13.5. The molecule has 0 radical (unpaired) electrons. The average molecular weight is 593 g/mol. The normalized spacial score (nSPS) is 13.1. The summed E-state index contributed by atoms with van der Waals surface area (Å²) in [5, 5.41) is 3.28. The van der Waals surface area contributed by atoms with Gasteiger partial charge in [0.15, 0.2) is 0 Å². The fourth-order valence-corrected chi connectivity index (χ4v) is 4.66. The average Bonchev–Trinajstić information content (AvgIpc) is 2.77. The van der Waals surface area contributed by atoms with Crippen molar-refractivity contribution in [2.45, 2.75) is 45.8 Å². The number of benzene rings is 2. The molecule has 2 aromatic rings. The first kappa shape index (κ1) is 28.4. The molecule has 0 aliphatic carbocycles. The van der Waals surface area contributed by atoms with Crippen LogP contribution in [0.5, 0.6) is 0 Å². The van der Waals surface area contributed by atoms with E-state index >= 15 is 0 Å². The van der Waals surface area contributed by atoms with E-state index in [0.29, 0.717) is 0 Å². The molecule has 0 unspecified atom stereocenters. The van der Waals surface area contributed by atoms with Crippen molar-refractivity contribution in [2.75, 3.05) is 17.1 Å². The summed E-state index contributed by atoms with van der Waals surface area (Å²) in [6, 6.07) is 10.8. The lowest BCUT2D eigenvalue weighted by atomic mass is 10.1. The van der Waals surface area contributed by atoms with E-state index in [-0.39, 0.29) is 34.2 Å². The maximum absolute atomic E-state index is 13.5. The Hall–Kier alpha value is -1.81. The summed E-state index contributed by atoms with van der Waals surface area (Å²) in [6.07, 6.45) is 1.71. The molecule has 1 N–H and O–H groups in total. The molecular formula is C23H28BrCl2N3O4S. The molecule has 186 valence electrons. The van der Waals surface area contributed by atoms with E-state index < -0.39 is 28.5 Å². The molecule has 11 heteroatoms. The lowest BCUT2D eigenvalue weighted by Crippen LogP contribution is -2.52. The van der Waals surface area contributed by atoms with Crippen molar-refractivity contribution < 1.29 is 18.0 Å². The van der Waals surface area contributed by atoms with E-state index in [2.05, 4.69) is 21.2 Å². The first-order valence-electron chi connectivity index (χ1n) is 10.6. The Morgan fingerprint density at radius 1 is 1.09 bits per heavy atom. The van der Waals surface area contributed by atoms with Gasteiger partial charge >= 0.3 is 0 Å². The fraction of sp³-hybridized carbons (Fsp3) is 0.391. The van der Waals surface area contributed by atoms with E-state index in [1.54, 1.807) is 6.92 Å². The third-order valence-corrected chi connectivity index (χ3v) is 7.50. The van der Waals surface area contributed by atoms with Crippen molar-refractivity contribution >= 4 is 66.7 Å². The van der Waals surface area contributed by atoms with Crippen LogP contribution in [0.2, 0.25) is 10.0 Å². The molecule has 0 spiro atoms. The minimum atomic E-state index is -3.90. The number of anilines is 1. The number of halogens is 3. The number of hydrogen-bond acceptors (Lipinski definition) is 4. The highest BCUT2D eigenvalue weighted by Gasteiger charge is 2.31. The van der Waals surface area contributed by atoms with Crippen LogP contribution in [0, 0.1) is 0 Å². The first-order valence-corrected chi connectivity index (χ1v) is 14.0. The van der Waals surface area contributed by atoms with Crippen LogP contribution in [-0.4, -0.2) is 50.0 Å². The lowest BCUT2D eigenvalue weighted by molar-refractivity contribution is -0.139. The highest BCUT2D eigenvalue weighted by Crippen LogP contribution is 2.31. The van der Waals surface area contributed by atoms with Crippen molar-refractivity contribution in [3.8, 4) is 0 Å². The van der Waals surface area contributed by atoms with Crippen molar-refractivity contribution in [1.29, 1.82) is 0 Å². The van der Waals surface area contributed by atoms with E-state index in [0.717, 1.165) is 27.0 Å². The Morgan fingerprint density at radius 3 is 2.26 bits per heavy atom. The number of carbonyl (C=O) groups is 2. The number of nitrogens with zero attached hydrogens (tertiary/aromatic N) is 2. The van der Waals surface area contributed by atoms with Gasteiger partial charge in [-0.2, -0.15) is 0 Å². The number of rotatable bonds is 10. The van der Waals surface area contributed by atoms with Crippen molar-refractivity contribution in [2.24, 2.45) is 0 Å². The van der Waals surface area contributed by atoms with Gasteiger partial charge in [-0.05, 0) is 56.2 Å². The molecule has 0 heterocycles. The highest BCUT2D eigenvalue weighted by molar-refractivity contribution is 9.10. The smallest absolute Gasteiger partial charge is 0.244 e. The standard InChI is InChI=1S/C23H28BrCl2N3O4S/c1-5-15(2)27-23(31)16(3)28(13-17-6-8-18(24)9-7-17)22(30)14-29(34(4,32)33)21-12-19(25)10-11-20(21)26/h6-12,15-16H,5,13-14H2,1-4H3,(H,27,31)/t15-,16+/m0/s1. The van der Waals surface area contributed by atoms with Crippen LogP contribution in [0.25, 0.3) is 0 Å². The van der Waals surface area contributed by atoms with Gasteiger partial charge in [-0.1, -0.05) is 58.2 Å². The molecule has 0 saturated heterocycles. The Kier molecular flexibility index (Phi) is 10.2. The summed E-state index contributed by atoms with van der Waals surface area (Å²) in [4.78, 5) is 27.7. The van der Waals surface area contributed by atoms with Crippen LogP contribution in [0.15, 0.2) is 46.9 Å². The van der Waals surface area contributed by atoms with Crippen LogP contribution in [0.3, 0.4) is 0 Å². The molecule has 0 aliphatic heterocycles. The van der Waals surface area contributed by atoms with Crippen molar-refractivity contribution in [1.82, 2.24) is 10.2 Å². The number of nitrogens with one attached hydrogen (secondary N) is 1. The lowest BCUT2D eigenvalue weighted by Gasteiger charge is -2.32. The van der Waals surface area contributed by atoms with Crippen LogP contribution in [0.1, 0.15) is 32.8 Å². The third-order valence-electron chi connectivity index (χ3n) is 5.29. The molecule has 2 rings (SSSR count). The SMILES string of the molecule is CC[C@H](C)NC(=O)[C@@H](C)N(Cc1ccc(Br)cc1)C(=O)CN(c1cc(Cl)ccc1Cl)S(C)(=O)=O. The Labute approximate surface area is 219 Å². The van der Waals surface area contributed by atoms with Gasteiger partial charge < -0.3 is 10.2 Å². The van der Waals surface area contributed by atoms with Gasteiger partial charge in [0.1, 0.15) is 12.6 Å². The summed E-state index contributed by atoms with van der Waals surface area (Å²) in [5.74, 6) is -0.886. The number of sulfonamides is 1. The fourth-order valence-electron chi connectivity index (χ4n) is 3.11. The molecule has 0 bridgehead atoms. The molecule has 0 fully saturated rings. The van der Waals surface area contributed by atoms with Crippen LogP contribution >= 0.6 is 39.1 Å². The van der Waals surface area contributed by atoms with Crippen LogP contribution in [0.4, 0.5) is 5.69 Å². The summed E-state index contributed by atoms with van der Waals surface area (Å²) in [7, 11) is -3.90. The van der Waals surface area contributed by atoms with E-state index in [1.807, 2.05) is 38.1 Å². The highest BCUT2D eigenvalue weighted by atomic mass is 79.9. The van der Waals surface area contributed by atoms with Gasteiger partial charge in [0.25, 0.3) is 0 Å². The maximum Gasteiger partial charge on any atom is 0.244 e. The predicted octanol–water partition coefficient (Wildman–Crippen LogP) is 4.85. The molecule has 2 amide bonds. The van der Waals surface area contributed by atoms with Gasteiger partial charge in [0, 0.05) is 22.1 Å². The molecule has 2 atom stereocenters. The van der Waals surface area contributed by atoms with Gasteiger partial charge in [-0.25, -0.2) is 8.42 Å². The quantitative estimate of drug-likeness (QED) is 0.427. The Bertz CT molecular complexity index is 1130. The van der Waals surface area contributed by atoms with E-state index in [1.165, 1.54) is 23.1 Å². The zero-order valence-electron chi connectivity index (χ0n) is 19.4. The largest absolute Gasteiger partial charge is 0.352 e. The summed E-state index contributed by atoms with van der Waals surface area (Å²) < 4.78 is 27.0. The van der Waals surface area contributed by atoms with Gasteiger partial charge in [0.05, 0.1) is 17.0 Å². The van der Waals surface area contributed by atoms with Gasteiger partial charge in [-0.15, -0.1) is 0 Å². The van der Waals surface area contributed by atoms with Crippen LogP contribution < -0.4 is 9.62 Å². The Morgan fingerprint density at radius 2 is 1.71 bits per heavy atom. The predicted molar refractivity (Wildman–Crippen MR) is 141 cm³/mol. The summed E-state index contributed by atoms with van der Waals surface area (Å²) in [6.45, 7) is 5.00. The molecule has 2 aromatic carbocycles. The zero-order valence-corrected chi connectivity index (χ0v) is 23.3. The number of carbonyl (C=O) groups excluding carboxylic acids is 2. The second-order valence-corrected chi connectivity index (χ2v) is 11.7. The zero-order chi connectivity index (χ0) is 25.6. The molecule has 34 heavy (non-hydrogen) atoms. The number of amides is 2. The molecule has 0 saturated carbocycles. The number of hydrogen-bond donors (Lipinski definition) is 1. The van der Waals surface area contributed by atoms with Gasteiger partial charge in [-0.3, -0.25) is 13.9 Å². The van der Waals surface area contributed by atoms with E-state index in [9.17, 15) is 18.0 Å². The minimum Gasteiger partial charge on any atom is -0.352 e. The Balaban J connectivity index is 2.42. The summed E-state index contributed by atoms with van der Waals surface area (Å²) in [5.41, 5.74) is 0.872. The molecule has 0 aliphatic rings. The topological polar surface area (TPSA) is 86.8 Å². The van der Waals surface area contributed by atoms with Gasteiger partial charge in [0.2, 0.25) is 21.8 Å². The molecule has 7 nitrogen and oxygen atoms in total. The first-order chi connectivity index (χ1) is 15.8. The van der Waals surface area contributed by atoms with Crippen LogP contribution in [-0.2, 0) is 26.2 Å². The second kappa shape index (κ2) is 12.2.